The highest BCUT2D eigenvalue weighted by Crippen LogP contribution is 2.30. The molecular weight excluding hydrogens is 266 g/mol. The molecule has 0 saturated carbocycles. The SMILES string of the molecule is BrC1CCCN(c2ncnc3c2CCC3)C1. The first kappa shape index (κ1) is 10.5. The summed E-state index contributed by atoms with van der Waals surface area (Å²) in [5.41, 5.74) is 2.69. The zero-order chi connectivity index (χ0) is 11.0. The largest absolute Gasteiger partial charge is 0.355 e. The minimum Gasteiger partial charge on any atom is -0.355 e. The van der Waals surface area contributed by atoms with Crippen molar-refractivity contribution in [1.82, 2.24) is 9.97 Å². The molecule has 0 bridgehead atoms. The highest BCUT2D eigenvalue weighted by Gasteiger charge is 2.24. The number of hydrogen-bond acceptors (Lipinski definition) is 3. The summed E-state index contributed by atoms with van der Waals surface area (Å²) >= 11 is 3.72. The molecule has 1 aliphatic carbocycles. The molecule has 86 valence electrons. The smallest absolute Gasteiger partial charge is 0.135 e. The average molecular weight is 282 g/mol. The molecule has 3 rings (SSSR count). The minimum absolute atomic E-state index is 0.619. The van der Waals surface area contributed by atoms with Gasteiger partial charge < -0.3 is 4.90 Å². The van der Waals surface area contributed by atoms with Crippen molar-refractivity contribution in [3.05, 3.63) is 17.6 Å². The summed E-state index contributed by atoms with van der Waals surface area (Å²) in [4.78, 5) is 11.9. The summed E-state index contributed by atoms with van der Waals surface area (Å²) in [5, 5.41) is 0. The Hall–Kier alpha value is -0.640. The van der Waals surface area contributed by atoms with E-state index in [1.54, 1.807) is 6.33 Å². The second-order valence-electron chi connectivity index (χ2n) is 4.66. The Kier molecular flexibility index (Phi) is 2.84. The topological polar surface area (TPSA) is 29.0 Å². The summed E-state index contributed by atoms with van der Waals surface area (Å²) in [6, 6.07) is 0. The molecule has 1 aliphatic heterocycles. The van der Waals surface area contributed by atoms with Crippen molar-refractivity contribution in [1.29, 1.82) is 0 Å². The molecule has 3 nitrogen and oxygen atoms in total. The Morgan fingerprint density at radius 2 is 2.19 bits per heavy atom. The average Bonchev–Trinajstić information content (AvgIpc) is 2.76. The monoisotopic (exact) mass is 281 g/mol. The van der Waals surface area contributed by atoms with Gasteiger partial charge in [-0.1, -0.05) is 15.9 Å². The number of fused-ring (bicyclic) bond motifs is 1. The Bertz CT molecular complexity index is 394. The van der Waals surface area contributed by atoms with Gasteiger partial charge in [-0.05, 0) is 32.1 Å². The van der Waals surface area contributed by atoms with Crippen molar-refractivity contribution >= 4 is 21.7 Å². The van der Waals surface area contributed by atoms with Crippen molar-refractivity contribution < 1.29 is 0 Å². The summed E-state index contributed by atoms with van der Waals surface area (Å²) in [6.45, 7) is 2.23. The maximum atomic E-state index is 4.50. The molecule has 0 N–H and O–H groups in total. The fourth-order valence-electron chi connectivity index (χ4n) is 2.73. The first-order valence-electron chi connectivity index (χ1n) is 6.06. The van der Waals surface area contributed by atoms with Gasteiger partial charge in [-0.2, -0.15) is 0 Å². The lowest BCUT2D eigenvalue weighted by molar-refractivity contribution is 0.589. The van der Waals surface area contributed by atoms with Crippen LogP contribution in [0.25, 0.3) is 0 Å². The second-order valence-corrected chi connectivity index (χ2v) is 5.96. The summed E-state index contributed by atoms with van der Waals surface area (Å²) < 4.78 is 0. The standard InChI is InChI=1S/C12H16BrN3/c13-9-3-2-6-16(7-9)12-10-4-1-5-11(10)14-8-15-12/h8-9H,1-7H2. The van der Waals surface area contributed by atoms with Crippen LogP contribution in [0.3, 0.4) is 0 Å². The molecule has 0 radical (unpaired) electrons. The van der Waals surface area contributed by atoms with E-state index in [0.717, 1.165) is 25.9 Å². The van der Waals surface area contributed by atoms with Crippen LogP contribution in [0.4, 0.5) is 5.82 Å². The van der Waals surface area contributed by atoms with Gasteiger partial charge in [-0.25, -0.2) is 9.97 Å². The molecular formula is C12H16BrN3. The van der Waals surface area contributed by atoms with Crippen LogP contribution in [0.2, 0.25) is 0 Å². The molecule has 4 heteroatoms. The number of piperidine rings is 1. The molecule has 1 aromatic rings. The first-order chi connectivity index (χ1) is 7.84. The highest BCUT2D eigenvalue weighted by atomic mass is 79.9. The summed E-state index contributed by atoms with van der Waals surface area (Å²) in [6.07, 6.45) is 7.81. The van der Waals surface area contributed by atoms with Gasteiger partial charge in [0.1, 0.15) is 12.1 Å². The van der Waals surface area contributed by atoms with Crippen molar-refractivity contribution in [2.75, 3.05) is 18.0 Å². The molecule has 1 saturated heterocycles. The number of aryl methyl sites for hydroxylation is 1. The van der Waals surface area contributed by atoms with Crippen LogP contribution < -0.4 is 4.90 Å². The molecule has 1 unspecified atom stereocenters. The van der Waals surface area contributed by atoms with E-state index in [4.69, 9.17) is 0 Å². The lowest BCUT2D eigenvalue weighted by atomic mass is 10.1. The second kappa shape index (κ2) is 4.32. The van der Waals surface area contributed by atoms with Gasteiger partial charge in [0.25, 0.3) is 0 Å². The fourth-order valence-corrected chi connectivity index (χ4v) is 3.41. The van der Waals surface area contributed by atoms with Gasteiger partial charge in [0.05, 0.1) is 0 Å². The van der Waals surface area contributed by atoms with Crippen LogP contribution >= 0.6 is 15.9 Å². The van der Waals surface area contributed by atoms with Gasteiger partial charge in [-0.3, -0.25) is 0 Å². The van der Waals surface area contributed by atoms with Gasteiger partial charge in [0.2, 0.25) is 0 Å². The van der Waals surface area contributed by atoms with E-state index in [9.17, 15) is 0 Å². The predicted octanol–water partition coefficient (Wildman–Crippen LogP) is 2.33. The van der Waals surface area contributed by atoms with Gasteiger partial charge in [-0.15, -0.1) is 0 Å². The molecule has 0 spiro atoms. The maximum absolute atomic E-state index is 4.50. The third kappa shape index (κ3) is 1.83. The van der Waals surface area contributed by atoms with E-state index in [2.05, 4.69) is 30.8 Å². The third-order valence-corrected chi connectivity index (χ3v) is 4.26. The zero-order valence-electron chi connectivity index (χ0n) is 9.32. The number of hydrogen-bond donors (Lipinski definition) is 0. The Balaban J connectivity index is 1.91. The summed E-state index contributed by atoms with van der Waals surface area (Å²) in [7, 11) is 0. The molecule has 0 amide bonds. The number of nitrogens with zero attached hydrogens (tertiary/aromatic N) is 3. The van der Waals surface area contributed by atoms with Crippen LogP contribution in [0.5, 0.6) is 0 Å². The van der Waals surface area contributed by atoms with E-state index in [0.29, 0.717) is 4.83 Å². The van der Waals surface area contributed by atoms with Crippen molar-refractivity contribution in [2.45, 2.75) is 36.9 Å². The normalized spacial score (nSPS) is 24.6. The lowest BCUT2D eigenvalue weighted by Gasteiger charge is -2.32. The molecule has 1 atom stereocenters. The predicted molar refractivity (Wildman–Crippen MR) is 68.2 cm³/mol. The Morgan fingerprint density at radius 1 is 1.25 bits per heavy atom. The quantitative estimate of drug-likeness (QED) is 0.740. The third-order valence-electron chi connectivity index (χ3n) is 3.52. The maximum Gasteiger partial charge on any atom is 0.135 e. The minimum atomic E-state index is 0.619. The van der Waals surface area contributed by atoms with Gasteiger partial charge in [0, 0.05) is 29.2 Å². The molecule has 1 fully saturated rings. The van der Waals surface area contributed by atoms with E-state index in [-0.39, 0.29) is 0 Å². The van der Waals surface area contributed by atoms with Crippen LogP contribution in [-0.4, -0.2) is 27.9 Å². The fraction of sp³-hybridized carbons (Fsp3) is 0.667. The van der Waals surface area contributed by atoms with Crippen molar-refractivity contribution in [3.63, 3.8) is 0 Å². The summed E-state index contributed by atoms with van der Waals surface area (Å²) in [5.74, 6) is 1.20. The number of alkyl halides is 1. The first-order valence-corrected chi connectivity index (χ1v) is 6.98. The van der Waals surface area contributed by atoms with Crippen LogP contribution in [-0.2, 0) is 12.8 Å². The number of aromatic nitrogens is 2. The molecule has 0 aromatic carbocycles. The highest BCUT2D eigenvalue weighted by molar-refractivity contribution is 9.09. The van der Waals surface area contributed by atoms with Crippen LogP contribution in [0, 0.1) is 0 Å². The zero-order valence-corrected chi connectivity index (χ0v) is 10.9. The van der Waals surface area contributed by atoms with E-state index in [1.165, 1.54) is 36.3 Å². The molecule has 2 aliphatic rings. The van der Waals surface area contributed by atoms with Gasteiger partial charge in [0.15, 0.2) is 0 Å². The lowest BCUT2D eigenvalue weighted by Crippen LogP contribution is -2.37. The number of rotatable bonds is 1. The van der Waals surface area contributed by atoms with Crippen molar-refractivity contribution in [2.24, 2.45) is 0 Å². The molecule has 2 heterocycles. The van der Waals surface area contributed by atoms with E-state index in [1.807, 2.05) is 0 Å². The number of halogens is 1. The van der Waals surface area contributed by atoms with Crippen LogP contribution in [0.15, 0.2) is 6.33 Å². The Morgan fingerprint density at radius 3 is 3.06 bits per heavy atom. The number of anilines is 1. The van der Waals surface area contributed by atoms with Gasteiger partial charge >= 0.3 is 0 Å². The Labute approximate surface area is 104 Å². The van der Waals surface area contributed by atoms with E-state index >= 15 is 0 Å². The van der Waals surface area contributed by atoms with Crippen LogP contribution in [0.1, 0.15) is 30.5 Å². The van der Waals surface area contributed by atoms with E-state index < -0.39 is 0 Å². The molecule has 16 heavy (non-hydrogen) atoms. The molecule has 1 aromatic heterocycles. The van der Waals surface area contributed by atoms with Crippen molar-refractivity contribution in [3.8, 4) is 0 Å².